The highest BCUT2D eigenvalue weighted by Crippen LogP contribution is 2.40. The van der Waals surface area contributed by atoms with Crippen LogP contribution in [-0.2, 0) is 4.79 Å². The summed E-state index contributed by atoms with van der Waals surface area (Å²) in [6.07, 6.45) is 5.58. The third-order valence-corrected chi connectivity index (χ3v) is 5.13. The molecule has 1 saturated carbocycles. The largest absolute Gasteiger partial charge is 0.325 e. The summed E-state index contributed by atoms with van der Waals surface area (Å²) in [7, 11) is 0. The smallest absolute Gasteiger partial charge is 0.269 e. The maximum absolute atomic E-state index is 12.2. The lowest BCUT2D eigenvalue weighted by Crippen LogP contribution is -2.14. The molecule has 10 heteroatoms. The first-order valence-electron chi connectivity index (χ1n) is 8.64. The maximum Gasteiger partial charge on any atom is 0.269 e. The zero-order valence-corrected chi connectivity index (χ0v) is 15.5. The molecule has 142 valence electrons. The van der Waals surface area contributed by atoms with Gasteiger partial charge in [-0.15, -0.1) is 10.2 Å². The highest BCUT2D eigenvalue weighted by molar-refractivity contribution is 7.99. The Morgan fingerprint density at radius 1 is 1.25 bits per heavy atom. The highest BCUT2D eigenvalue weighted by Gasteiger charge is 2.30. The van der Waals surface area contributed by atoms with Crippen LogP contribution in [0.1, 0.15) is 18.9 Å². The number of nitrogens with zero attached hydrogens (tertiary/aromatic N) is 5. The van der Waals surface area contributed by atoms with E-state index >= 15 is 0 Å². The second-order valence-electron chi connectivity index (χ2n) is 6.29. The third-order valence-electron chi connectivity index (χ3n) is 4.19. The lowest BCUT2D eigenvalue weighted by Gasteiger charge is -2.09. The number of thioether (sulfide) groups is 1. The fourth-order valence-corrected chi connectivity index (χ4v) is 3.53. The average Bonchev–Trinajstić information content (AvgIpc) is 3.46. The highest BCUT2D eigenvalue weighted by atomic mass is 32.2. The van der Waals surface area contributed by atoms with Crippen LogP contribution in [0.2, 0.25) is 0 Å². The van der Waals surface area contributed by atoms with Gasteiger partial charge in [-0.05, 0) is 37.1 Å². The number of carbonyl (C=O) groups is 1. The van der Waals surface area contributed by atoms with E-state index in [1.165, 1.54) is 36.0 Å². The molecule has 1 aromatic carbocycles. The van der Waals surface area contributed by atoms with Crippen molar-refractivity contribution in [2.45, 2.75) is 24.0 Å². The Morgan fingerprint density at radius 2 is 2.04 bits per heavy atom. The molecule has 1 aliphatic carbocycles. The van der Waals surface area contributed by atoms with Crippen molar-refractivity contribution in [2.75, 3.05) is 11.1 Å². The van der Waals surface area contributed by atoms with Crippen molar-refractivity contribution in [1.82, 2.24) is 19.7 Å². The van der Waals surface area contributed by atoms with Gasteiger partial charge < -0.3 is 5.32 Å². The molecule has 0 radical (unpaired) electrons. The molecule has 2 heterocycles. The van der Waals surface area contributed by atoms with Gasteiger partial charge in [0, 0.05) is 41.8 Å². The molecule has 0 spiro atoms. The van der Waals surface area contributed by atoms with Gasteiger partial charge in [-0.1, -0.05) is 11.8 Å². The van der Waals surface area contributed by atoms with Crippen LogP contribution in [-0.4, -0.2) is 36.3 Å². The zero-order chi connectivity index (χ0) is 19.5. The van der Waals surface area contributed by atoms with E-state index in [0.717, 1.165) is 24.2 Å². The van der Waals surface area contributed by atoms with Crippen LogP contribution in [0.5, 0.6) is 0 Å². The van der Waals surface area contributed by atoms with Crippen molar-refractivity contribution >= 4 is 29.0 Å². The molecule has 1 aliphatic rings. The molecule has 1 amide bonds. The summed E-state index contributed by atoms with van der Waals surface area (Å²) in [4.78, 5) is 26.6. The number of nitrogens with one attached hydrogen (secondary N) is 1. The van der Waals surface area contributed by atoms with E-state index in [-0.39, 0.29) is 17.3 Å². The molecule has 28 heavy (non-hydrogen) atoms. The van der Waals surface area contributed by atoms with E-state index in [9.17, 15) is 14.9 Å². The number of amides is 1. The summed E-state index contributed by atoms with van der Waals surface area (Å²) in [5.41, 5.74) is 1.38. The molecule has 0 atom stereocenters. The molecular formula is C18H16N6O3S. The van der Waals surface area contributed by atoms with Crippen LogP contribution >= 0.6 is 11.8 Å². The molecule has 4 rings (SSSR count). The Bertz CT molecular complexity index is 1000. The zero-order valence-electron chi connectivity index (χ0n) is 14.7. The number of non-ortho nitro benzene ring substituents is 1. The molecule has 9 nitrogen and oxygen atoms in total. The Labute approximate surface area is 164 Å². The summed E-state index contributed by atoms with van der Waals surface area (Å²) >= 11 is 1.31. The molecular weight excluding hydrogens is 380 g/mol. The van der Waals surface area contributed by atoms with E-state index in [2.05, 4.69) is 25.1 Å². The van der Waals surface area contributed by atoms with Crippen molar-refractivity contribution in [3.05, 3.63) is 58.9 Å². The molecule has 0 unspecified atom stereocenters. The number of hydrogen-bond donors (Lipinski definition) is 1. The first kappa shape index (κ1) is 18.1. The van der Waals surface area contributed by atoms with Crippen LogP contribution in [0, 0.1) is 10.1 Å². The minimum atomic E-state index is -0.480. The summed E-state index contributed by atoms with van der Waals surface area (Å²) in [6, 6.07) is 9.86. The number of nitro benzene ring substituents is 1. The molecule has 0 saturated heterocycles. The normalized spacial score (nSPS) is 13.3. The van der Waals surface area contributed by atoms with Gasteiger partial charge in [0.2, 0.25) is 5.91 Å². The number of rotatable bonds is 7. The van der Waals surface area contributed by atoms with Crippen molar-refractivity contribution in [2.24, 2.45) is 0 Å². The number of hydrogen-bond acceptors (Lipinski definition) is 7. The summed E-state index contributed by atoms with van der Waals surface area (Å²) in [5, 5.41) is 22.7. The van der Waals surface area contributed by atoms with Gasteiger partial charge in [-0.25, -0.2) is 0 Å². The predicted molar refractivity (Wildman–Crippen MR) is 104 cm³/mol. The van der Waals surface area contributed by atoms with Gasteiger partial charge >= 0.3 is 0 Å². The molecule has 3 aromatic rings. The second kappa shape index (κ2) is 7.77. The van der Waals surface area contributed by atoms with Gasteiger partial charge in [-0.2, -0.15) is 0 Å². The van der Waals surface area contributed by atoms with Crippen LogP contribution in [0.25, 0.3) is 11.4 Å². The number of benzene rings is 1. The Morgan fingerprint density at radius 3 is 2.68 bits per heavy atom. The molecule has 1 fully saturated rings. The lowest BCUT2D eigenvalue weighted by molar-refractivity contribution is -0.384. The minimum Gasteiger partial charge on any atom is -0.325 e. The number of pyridine rings is 1. The monoisotopic (exact) mass is 396 g/mol. The maximum atomic E-state index is 12.2. The molecule has 2 aromatic heterocycles. The van der Waals surface area contributed by atoms with Crippen molar-refractivity contribution in [3.8, 4) is 11.4 Å². The fourth-order valence-electron chi connectivity index (χ4n) is 2.72. The van der Waals surface area contributed by atoms with Crippen LogP contribution in [0.3, 0.4) is 0 Å². The Hall–Kier alpha value is -3.27. The van der Waals surface area contributed by atoms with E-state index in [4.69, 9.17) is 0 Å². The van der Waals surface area contributed by atoms with Crippen LogP contribution < -0.4 is 5.32 Å². The first-order chi connectivity index (χ1) is 13.6. The lowest BCUT2D eigenvalue weighted by atomic mass is 10.3. The van der Waals surface area contributed by atoms with Gasteiger partial charge in [0.05, 0.1) is 10.7 Å². The second-order valence-corrected chi connectivity index (χ2v) is 7.23. The van der Waals surface area contributed by atoms with Crippen LogP contribution in [0.15, 0.2) is 53.9 Å². The Kier molecular flexibility index (Phi) is 5.02. The van der Waals surface area contributed by atoms with Gasteiger partial charge in [0.1, 0.15) is 0 Å². The third kappa shape index (κ3) is 4.01. The molecule has 0 aliphatic heterocycles. The average molecular weight is 396 g/mol. The summed E-state index contributed by atoms with van der Waals surface area (Å²) in [6.45, 7) is 0. The number of anilines is 1. The standard InChI is InChI=1S/C18H16N6O3S/c25-16(20-13-3-5-15(6-4-13)24(26)27)11-28-18-22-21-17(23(18)14-7-8-14)12-2-1-9-19-10-12/h1-6,9-10,14H,7-8,11H2,(H,20,25). The van der Waals surface area contributed by atoms with Gasteiger partial charge in [0.15, 0.2) is 11.0 Å². The predicted octanol–water partition coefficient (Wildman–Crippen LogP) is 3.31. The quantitative estimate of drug-likeness (QED) is 0.370. The first-order valence-corrected chi connectivity index (χ1v) is 9.63. The topological polar surface area (TPSA) is 116 Å². The fraction of sp³-hybridized carbons (Fsp3) is 0.222. The van der Waals surface area contributed by atoms with Gasteiger partial charge in [0.25, 0.3) is 5.69 Å². The van der Waals surface area contributed by atoms with E-state index < -0.39 is 4.92 Å². The number of carbonyl (C=O) groups excluding carboxylic acids is 1. The SMILES string of the molecule is O=C(CSc1nnc(-c2cccnc2)n1C1CC1)Nc1ccc([N+](=O)[O-])cc1. The molecule has 1 N–H and O–H groups in total. The van der Waals surface area contributed by atoms with E-state index in [1.54, 1.807) is 12.4 Å². The molecule has 0 bridgehead atoms. The Balaban J connectivity index is 1.43. The van der Waals surface area contributed by atoms with Crippen molar-refractivity contribution in [3.63, 3.8) is 0 Å². The van der Waals surface area contributed by atoms with E-state index in [0.29, 0.717) is 16.9 Å². The summed E-state index contributed by atoms with van der Waals surface area (Å²) < 4.78 is 2.07. The summed E-state index contributed by atoms with van der Waals surface area (Å²) in [5.74, 6) is 0.704. The van der Waals surface area contributed by atoms with Crippen molar-refractivity contribution in [1.29, 1.82) is 0 Å². The van der Waals surface area contributed by atoms with Gasteiger partial charge in [-0.3, -0.25) is 24.5 Å². The number of nitro groups is 1. The van der Waals surface area contributed by atoms with Crippen molar-refractivity contribution < 1.29 is 9.72 Å². The van der Waals surface area contributed by atoms with Crippen LogP contribution in [0.4, 0.5) is 11.4 Å². The minimum absolute atomic E-state index is 0.0205. The van der Waals surface area contributed by atoms with E-state index in [1.807, 2.05) is 12.1 Å². The number of aromatic nitrogens is 4.